The normalized spacial score (nSPS) is 10.5. The molecule has 0 atom stereocenters. The lowest BCUT2D eigenvalue weighted by molar-refractivity contribution is 0.627. The summed E-state index contributed by atoms with van der Waals surface area (Å²) in [5.41, 5.74) is 1.15. The number of nitrogens with zero attached hydrogens (tertiary/aromatic N) is 2. The molecule has 0 bridgehead atoms. The van der Waals surface area contributed by atoms with E-state index in [1.54, 1.807) is 11.4 Å². The van der Waals surface area contributed by atoms with E-state index < -0.39 is 5.82 Å². The molecule has 0 spiro atoms. The lowest BCUT2D eigenvalue weighted by atomic mass is 10.2. The van der Waals surface area contributed by atoms with Crippen LogP contribution in [0.5, 0.6) is 0 Å². The van der Waals surface area contributed by atoms with Crippen LogP contribution in [0, 0.1) is 17.1 Å². The van der Waals surface area contributed by atoms with Crippen molar-refractivity contribution in [3.63, 3.8) is 0 Å². The van der Waals surface area contributed by atoms with Crippen LogP contribution in [-0.2, 0) is 6.54 Å². The molecule has 7 heteroatoms. The van der Waals surface area contributed by atoms with Gasteiger partial charge >= 0.3 is 0 Å². The van der Waals surface area contributed by atoms with Crippen LogP contribution in [0.25, 0.3) is 10.2 Å². The van der Waals surface area contributed by atoms with Gasteiger partial charge in [0.15, 0.2) is 0 Å². The van der Waals surface area contributed by atoms with E-state index in [1.165, 1.54) is 23.5 Å². The van der Waals surface area contributed by atoms with E-state index in [0.29, 0.717) is 21.7 Å². The molecule has 104 valence electrons. The zero-order valence-corrected chi connectivity index (χ0v) is 11.5. The number of benzene rings is 1. The Morgan fingerprint density at radius 2 is 2.29 bits per heavy atom. The van der Waals surface area contributed by atoms with E-state index in [4.69, 9.17) is 5.26 Å². The smallest absolute Gasteiger partial charge is 0.268 e. The topological polar surface area (TPSA) is 81.6 Å². The summed E-state index contributed by atoms with van der Waals surface area (Å²) in [6, 6.07) is 7.59. The number of H-pyrrole nitrogens is 1. The van der Waals surface area contributed by atoms with Crippen molar-refractivity contribution in [1.29, 1.82) is 5.26 Å². The molecular formula is C14H9FN4OS. The van der Waals surface area contributed by atoms with Crippen LogP contribution in [0.2, 0.25) is 0 Å². The van der Waals surface area contributed by atoms with Gasteiger partial charge in [0.25, 0.3) is 5.56 Å². The third-order valence-electron chi connectivity index (χ3n) is 2.91. The molecule has 0 radical (unpaired) electrons. The number of fused-ring (bicyclic) bond motifs is 1. The number of nitriles is 1. The van der Waals surface area contributed by atoms with Crippen molar-refractivity contribution in [2.45, 2.75) is 6.54 Å². The summed E-state index contributed by atoms with van der Waals surface area (Å²) in [5, 5.41) is 13.7. The molecule has 0 aliphatic heterocycles. The number of rotatable bonds is 3. The van der Waals surface area contributed by atoms with Gasteiger partial charge in [-0.3, -0.25) is 4.79 Å². The van der Waals surface area contributed by atoms with E-state index in [0.717, 1.165) is 6.07 Å². The van der Waals surface area contributed by atoms with E-state index in [1.807, 2.05) is 6.07 Å². The summed E-state index contributed by atoms with van der Waals surface area (Å²) in [5.74, 6) is -0.0116. The highest BCUT2D eigenvalue weighted by molar-refractivity contribution is 7.17. The van der Waals surface area contributed by atoms with Crippen LogP contribution in [0.15, 0.2) is 34.4 Å². The average molecular weight is 300 g/mol. The minimum atomic E-state index is -0.469. The summed E-state index contributed by atoms with van der Waals surface area (Å²) < 4.78 is 13.6. The molecule has 0 amide bonds. The molecule has 2 aromatic heterocycles. The Morgan fingerprint density at radius 1 is 1.43 bits per heavy atom. The molecule has 21 heavy (non-hydrogen) atoms. The van der Waals surface area contributed by atoms with Crippen LogP contribution in [0.1, 0.15) is 11.4 Å². The summed E-state index contributed by atoms with van der Waals surface area (Å²) in [6.45, 7) is 0.237. The van der Waals surface area contributed by atoms with Crippen molar-refractivity contribution >= 4 is 27.2 Å². The van der Waals surface area contributed by atoms with Crippen molar-refractivity contribution in [2.75, 3.05) is 5.32 Å². The van der Waals surface area contributed by atoms with Gasteiger partial charge in [0.05, 0.1) is 23.3 Å². The average Bonchev–Trinajstić information content (AvgIpc) is 2.94. The Kier molecular flexibility index (Phi) is 3.38. The molecule has 3 rings (SSSR count). The second-order valence-corrected chi connectivity index (χ2v) is 5.22. The van der Waals surface area contributed by atoms with Crippen LogP contribution in [0.4, 0.5) is 10.1 Å². The van der Waals surface area contributed by atoms with Crippen LogP contribution >= 0.6 is 11.3 Å². The number of nitrogens with one attached hydrogen (secondary N) is 2. The zero-order valence-electron chi connectivity index (χ0n) is 10.7. The summed E-state index contributed by atoms with van der Waals surface area (Å²) in [4.78, 5) is 18.8. The Labute approximate surface area is 122 Å². The molecule has 0 aliphatic carbocycles. The first-order chi connectivity index (χ1) is 10.2. The lowest BCUT2D eigenvalue weighted by Gasteiger charge is -2.07. The lowest BCUT2D eigenvalue weighted by Crippen LogP contribution is -2.13. The highest BCUT2D eigenvalue weighted by Gasteiger charge is 2.07. The predicted octanol–water partition coefficient (Wildman–Crippen LogP) is 2.61. The minimum Gasteiger partial charge on any atom is -0.377 e. The summed E-state index contributed by atoms with van der Waals surface area (Å²) >= 11 is 1.33. The van der Waals surface area contributed by atoms with Gasteiger partial charge in [-0.25, -0.2) is 9.37 Å². The van der Waals surface area contributed by atoms with Gasteiger partial charge < -0.3 is 10.3 Å². The van der Waals surface area contributed by atoms with Gasteiger partial charge in [-0.05, 0) is 29.6 Å². The number of aromatic nitrogens is 2. The monoisotopic (exact) mass is 300 g/mol. The number of hydrogen-bond acceptors (Lipinski definition) is 5. The second kappa shape index (κ2) is 5.34. The molecular weight excluding hydrogens is 291 g/mol. The first-order valence-electron chi connectivity index (χ1n) is 6.07. The molecule has 2 heterocycles. The third kappa shape index (κ3) is 2.61. The van der Waals surface area contributed by atoms with Gasteiger partial charge in [0, 0.05) is 0 Å². The third-order valence-corrected chi connectivity index (χ3v) is 3.81. The van der Waals surface area contributed by atoms with Gasteiger partial charge in [-0.2, -0.15) is 5.26 Å². The number of halogens is 1. The second-order valence-electron chi connectivity index (χ2n) is 4.30. The van der Waals surface area contributed by atoms with Gasteiger partial charge in [-0.15, -0.1) is 11.3 Å². The zero-order chi connectivity index (χ0) is 14.8. The van der Waals surface area contributed by atoms with Crippen molar-refractivity contribution in [1.82, 2.24) is 9.97 Å². The highest BCUT2D eigenvalue weighted by atomic mass is 32.1. The van der Waals surface area contributed by atoms with Crippen LogP contribution in [-0.4, -0.2) is 9.97 Å². The van der Waals surface area contributed by atoms with E-state index in [9.17, 15) is 9.18 Å². The molecule has 3 aromatic rings. The maximum atomic E-state index is 13.1. The van der Waals surface area contributed by atoms with E-state index in [-0.39, 0.29) is 17.7 Å². The quantitative estimate of drug-likeness (QED) is 0.779. The molecule has 5 nitrogen and oxygen atoms in total. The molecule has 0 aliphatic rings. The fraction of sp³-hybridized carbons (Fsp3) is 0.0714. The highest BCUT2D eigenvalue weighted by Crippen LogP contribution is 2.17. The van der Waals surface area contributed by atoms with Crippen molar-refractivity contribution in [2.24, 2.45) is 0 Å². The Balaban J connectivity index is 1.87. The Morgan fingerprint density at radius 3 is 3.10 bits per heavy atom. The first kappa shape index (κ1) is 13.3. The number of aromatic amines is 1. The van der Waals surface area contributed by atoms with Gasteiger partial charge in [-0.1, -0.05) is 0 Å². The Bertz CT molecular complexity index is 909. The first-order valence-corrected chi connectivity index (χ1v) is 6.95. The van der Waals surface area contributed by atoms with Crippen molar-refractivity contribution in [3.05, 3.63) is 57.2 Å². The maximum Gasteiger partial charge on any atom is 0.268 e. The maximum absolute atomic E-state index is 13.1. The SMILES string of the molecule is N#Cc1cc(F)ccc1NCc1nc2ccsc2c(=O)[nH]1. The summed E-state index contributed by atoms with van der Waals surface area (Å²) in [6.07, 6.45) is 0. The number of thiophene rings is 1. The molecule has 2 N–H and O–H groups in total. The van der Waals surface area contributed by atoms with Gasteiger partial charge in [0.1, 0.15) is 22.4 Å². The van der Waals surface area contributed by atoms with Crippen LogP contribution < -0.4 is 10.9 Å². The molecule has 0 unspecified atom stereocenters. The van der Waals surface area contributed by atoms with Crippen LogP contribution in [0.3, 0.4) is 0 Å². The van der Waals surface area contributed by atoms with E-state index >= 15 is 0 Å². The number of hydrogen-bond donors (Lipinski definition) is 2. The summed E-state index contributed by atoms with van der Waals surface area (Å²) in [7, 11) is 0. The molecule has 1 aromatic carbocycles. The fourth-order valence-corrected chi connectivity index (χ4v) is 2.67. The van der Waals surface area contributed by atoms with Gasteiger partial charge in [0.2, 0.25) is 0 Å². The molecule has 0 saturated carbocycles. The Hall–Kier alpha value is -2.72. The fourth-order valence-electron chi connectivity index (χ4n) is 1.95. The standard InChI is InChI=1S/C14H9FN4OS/c15-9-1-2-10(8(5-9)6-16)17-7-12-18-11-3-4-21-13(11)14(20)19-12/h1-5,17H,7H2,(H,18,19,20). The van der Waals surface area contributed by atoms with E-state index in [2.05, 4.69) is 15.3 Å². The molecule has 0 saturated heterocycles. The predicted molar refractivity (Wildman–Crippen MR) is 78.7 cm³/mol. The van der Waals surface area contributed by atoms with Crippen molar-refractivity contribution < 1.29 is 4.39 Å². The minimum absolute atomic E-state index is 0.189. The van der Waals surface area contributed by atoms with Crippen molar-refractivity contribution in [3.8, 4) is 6.07 Å². The number of anilines is 1. The largest absolute Gasteiger partial charge is 0.377 e. The molecule has 0 fully saturated rings.